The van der Waals surface area contributed by atoms with Gasteiger partial charge in [0.25, 0.3) is 0 Å². The van der Waals surface area contributed by atoms with Crippen LogP contribution in [0.3, 0.4) is 0 Å². The minimum Gasteiger partial charge on any atom is -0.451 e. The molecule has 37 heavy (non-hydrogen) atoms. The Labute approximate surface area is 223 Å². The number of thiophene rings is 1. The summed E-state index contributed by atoms with van der Waals surface area (Å²) in [5.74, 6) is -1.26. The molecule has 1 fully saturated rings. The van der Waals surface area contributed by atoms with Crippen LogP contribution in [0.1, 0.15) is 29.0 Å². The summed E-state index contributed by atoms with van der Waals surface area (Å²) >= 11 is 2.78. The Morgan fingerprint density at radius 2 is 1.68 bits per heavy atom. The van der Waals surface area contributed by atoms with Gasteiger partial charge < -0.3 is 20.1 Å². The highest BCUT2D eigenvalue weighted by atomic mass is 32.2. The molecule has 0 aliphatic carbocycles. The van der Waals surface area contributed by atoms with Crippen molar-refractivity contribution in [3.8, 4) is 0 Å². The number of hydrogen-bond donors (Lipinski definition) is 2. The smallest absolute Gasteiger partial charge is 0.334 e. The Bertz CT molecular complexity index is 1260. The lowest BCUT2D eigenvalue weighted by molar-refractivity contribution is -0.166. The second kappa shape index (κ2) is 10.9. The highest BCUT2D eigenvalue weighted by molar-refractivity contribution is 8.03. The summed E-state index contributed by atoms with van der Waals surface area (Å²) in [5, 5.41) is 16.4. The van der Waals surface area contributed by atoms with Crippen molar-refractivity contribution in [2.45, 2.75) is 43.0 Å². The molecule has 4 atom stereocenters. The molecule has 0 bridgehead atoms. The second-order valence-electron chi connectivity index (χ2n) is 8.91. The van der Waals surface area contributed by atoms with Crippen molar-refractivity contribution in [1.82, 2.24) is 10.2 Å². The summed E-state index contributed by atoms with van der Waals surface area (Å²) in [6.45, 7) is 1.56. The van der Waals surface area contributed by atoms with E-state index in [-0.39, 0.29) is 18.2 Å². The third kappa shape index (κ3) is 5.20. The van der Waals surface area contributed by atoms with Crippen LogP contribution in [0.5, 0.6) is 0 Å². The van der Waals surface area contributed by atoms with Crippen LogP contribution in [0.4, 0.5) is 0 Å². The number of amides is 2. The summed E-state index contributed by atoms with van der Waals surface area (Å²) in [4.78, 5) is 41.8. The number of ether oxygens (including phenoxy) is 1. The van der Waals surface area contributed by atoms with Gasteiger partial charge in [-0.25, -0.2) is 4.79 Å². The molecule has 190 valence electrons. The van der Waals surface area contributed by atoms with Crippen molar-refractivity contribution in [2.24, 2.45) is 0 Å². The summed E-state index contributed by atoms with van der Waals surface area (Å²) in [6, 6.07) is 20.7. The molecule has 1 saturated heterocycles. The predicted molar refractivity (Wildman–Crippen MR) is 143 cm³/mol. The quantitative estimate of drug-likeness (QED) is 0.338. The Morgan fingerprint density at radius 1 is 1.03 bits per heavy atom. The monoisotopic (exact) mass is 534 g/mol. The number of thioether (sulfide) groups is 1. The average molecular weight is 535 g/mol. The van der Waals surface area contributed by atoms with Crippen LogP contribution in [0.25, 0.3) is 0 Å². The molecule has 9 heteroatoms. The normalized spacial score (nSPS) is 21.5. The lowest BCUT2D eigenvalue weighted by atomic mass is 9.95. The molecule has 2 amide bonds. The van der Waals surface area contributed by atoms with Crippen LogP contribution in [0.2, 0.25) is 0 Å². The number of aliphatic hydroxyl groups is 1. The fraction of sp³-hybridized carbons (Fsp3) is 0.250. The van der Waals surface area contributed by atoms with Gasteiger partial charge in [-0.15, -0.1) is 23.1 Å². The Hall–Kier alpha value is -3.40. The zero-order valence-electron chi connectivity index (χ0n) is 20.0. The summed E-state index contributed by atoms with van der Waals surface area (Å²) in [6.07, 6.45) is -1.46. The van der Waals surface area contributed by atoms with Crippen LogP contribution in [-0.4, -0.2) is 51.4 Å². The largest absolute Gasteiger partial charge is 0.451 e. The summed E-state index contributed by atoms with van der Waals surface area (Å²) < 4.78 is 6.05. The van der Waals surface area contributed by atoms with E-state index >= 15 is 0 Å². The van der Waals surface area contributed by atoms with Crippen LogP contribution in [0.15, 0.2) is 89.2 Å². The van der Waals surface area contributed by atoms with E-state index in [4.69, 9.17) is 4.74 Å². The van der Waals surface area contributed by atoms with Crippen molar-refractivity contribution in [2.75, 3.05) is 0 Å². The number of β-lactam (4-membered cyclic amide) rings is 1. The first kappa shape index (κ1) is 25.3. The third-order valence-corrected chi connectivity index (χ3v) is 8.46. The fourth-order valence-electron chi connectivity index (χ4n) is 4.55. The van der Waals surface area contributed by atoms with E-state index in [0.29, 0.717) is 5.57 Å². The van der Waals surface area contributed by atoms with Crippen molar-refractivity contribution >= 4 is 40.9 Å². The highest BCUT2D eigenvalue weighted by Crippen LogP contribution is 2.42. The first-order chi connectivity index (χ1) is 17.9. The minimum atomic E-state index is -1.08. The van der Waals surface area contributed by atoms with Crippen LogP contribution >= 0.6 is 23.1 Å². The molecular weight excluding hydrogens is 508 g/mol. The topological polar surface area (TPSA) is 95.9 Å². The van der Waals surface area contributed by atoms with Gasteiger partial charge in [-0.05, 0) is 40.5 Å². The molecule has 2 aliphatic rings. The zero-order valence-corrected chi connectivity index (χ0v) is 21.7. The molecule has 0 radical (unpaired) electrons. The molecule has 2 aliphatic heterocycles. The standard InChI is InChI=1S/C28H26N2O5S2/c1-17(31)21-16-37-27-23(29-22(32)15-20-13-8-14-36-20)26(33)30(27)24(21)28(34)35-25(18-9-4-2-5-10-18)19-11-6-3-7-12-19/h2-14,16-17,23-25,27,31H,15H2,1H3,(H,29,32)/t17?,23?,24?,27-/m0/s1. The lowest BCUT2D eigenvalue weighted by Crippen LogP contribution is -2.74. The Kier molecular flexibility index (Phi) is 7.45. The molecule has 2 aromatic carbocycles. The molecule has 3 aromatic rings. The number of aliphatic hydroxyl groups excluding tert-OH is 1. The van der Waals surface area contributed by atoms with E-state index in [1.807, 2.05) is 78.2 Å². The number of fused-ring (bicyclic) bond motifs is 1. The van der Waals surface area contributed by atoms with E-state index in [1.54, 1.807) is 12.3 Å². The fourth-order valence-corrected chi connectivity index (χ4v) is 6.57. The molecule has 2 N–H and O–H groups in total. The van der Waals surface area contributed by atoms with E-state index in [2.05, 4.69) is 5.32 Å². The lowest BCUT2D eigenvalue weighted by Gasteiger charge is -2.52. The summed E-state index contributed by atoms with van der Waals surface area (Å²) in [5.41, 5.74) is 1.97. The van der Waals surface area contributed by atoms with E-state index in [9.17, 15) is 19.5 Å². The van der Waals surface area contributed by atoms with Crippen molar-refractivity contribution < 1.29 is 24.2 Å². The molecule has 3 heterocycles. The molecule has 3 unspecified atom stereocenters. The minimum absolute atomic E-state index is 0.189. The third-order valence-electron chi connectivity index (χ3n) is 6.39. The first-order valence-electron chi connectivity index (χ1n) is 11.9. The molecule has 0 spiro atoms. The number of carbonyl (C=O) groups excluding carboxylic acids is 3. The van der Waals surface area contributed by atoms with Crippen molar-refractivity contribution in [3.05, 3.63) is 105 Å². The Balaban J connectivity index is 1.37. The van der Waals surface area contributed by atoms with Gasteiger partial charge in [0.15, 0.2) is 12.1 Å². The van der Waals surface area contributed by atoms with E-state index in [0.717, 1.165) is 16.0 Å². The number of benzene rings is 2. The molecule has 1 aromatic heterocycles. The zero-order chi connectivity index (χ0) is 25.9. The van der Waals surface area contributed by atoms with Gasteiger partial charge in [0.1, 0.15) is 11.4 Å². The molecule has 7 nitrogen and oxygen atoms in total. The van der Waals surface area contributed by atoms with Gasteiger partial charge in [-0.1, -0.05) is 66.7 Å². The van der Waals surface area contributed by atoms with Crippen LogP contribution < -0.4 is 5.32 Å². The molecule has 5 rings (SSSR count). The van der Waals surface area contributed by atoms with Crippen LogP contribution in [0, 0.1) is 0 Å². The Morgan fingerprint density at radius 3 is 2.24 bits per heavy atom. The van der Waals surface area contributed by atoms with E-state index in [1.165, 1.54) is 28.0 Å². The number of carbonyl (C=O) groups is 3. The maximum absolute atomic E-state index is 13.7. The van der Waals surface area contributed by atoms with Gasteiger partial charge in [0.2, 0.25) is 11.8 Å². The number of nitrogens with one attached hydrogen (secondary N) is 1. The maximum atomic E-state index is 13.7. The first-order valence-corrected chi connectivity index (χ1v) is 13.7. The highest BCUT2D eigenvalue weighted by Gasteiger charge is 2.56. The molecular formula is C28H26N2O5S2. The van der Waals surface area contributed by atoms with Gasteiger partial charge in [0, 0.05) is 4.88 Å². The van der Waals surface area contributed by atoms with Gasteiger partial charge in [-0.3, -0.25) is 9.59 Å². The average Bonchev–Trinajstić information content (AvgIpc) is 3.43. The van der Waals surface area contributed by atoms with E-state index < -0.39 is 35.6 Å². The SMILES string of the molecule is CC(O)C1=CS[C@H]2C(NC(=O)Cc3cccs3)C(=O)N2C1C(=O)OC(c1ccccc1)c1ccccc1. The predicted octanol–water partition coefficient (Wildman–Crippen LogP) is 3.66. The number of rotatable bonds is 8. The van der Waals surface area contributed by atoms with Crippen molar-refractivity contribution in [3.63, 3.8) is 0 Å². The van der Waals surface area contributed by atoms with Crippen LogP contribution in [-0.2, 0) is 25.5 Å². The van der Waals surface area contributed by atoms with Gasteiger partial charge in [-0.2, -0.15) is 0 Å². The number of hydrogen-bond acceptors (Lipinski definition) is 7. The number of esters is 1. The van der Waals surface area contributed by atoms with Gasteiger partial charge >= 0.3 is 5.97 Å². The summed E-state index contributed by atoms with van der Waals surface area (Å²) in [7, 11) is 0. The van der Waals surface area contributed by atoms with Crippen molar-refractivity contribution in [1.29, 1.82) is 0 Å². The molecule has 0 saturated carbocycles. The number of nitrogens with zero attached hydrogens (tertiary/aromatic N) is 1. The maximum Gasteiger partial charge on any atom is 0.334 e. The van der Waals surface area contributed by atoms with Gasteiger partial charge in [0.05, 0.1) is 12.5 Å². The second-order valence-corrected chi connectivity index (χ2v) is 10.9.